The van der Waals surface area contributed by atoms with Crippen LogP contribution < -0.4 is 10.2 Å². The van der Waals surface area contributed by atoms with Gasteiger partial charge in [0.15, 0.2) is 0 Å². The number of benzene rings is 1. The molecule has 7 nitrogen and oxygen atoms in total. The summed E-state index contributed by atoms with van der Waals surface area (Å²) in [6.45, 7) is 5.76. The van der Waals surface area contributed by atoms with Gasteiger partial charge in [0.25, 0.3) is 5.71 Å². The Morgan fingerprint density at radius 2 is 2.14 bits per heavy atom. The van der Waals surface area contributed by atoms with Crippen molar-refractivity contribution in [2.24, 2.45) is 5.92 Å². The number of rotatable bonds is 5. The third-order valence-corrected chi connectivity index (χ3v) is 5.71. The van der Waals surface area contributed by atoms with E-state index in [0.29, 0.717) is 31.0 Å². The summed E-state index contributed by atoms with van der Waals surface area (Å²) in [6.07, 6.45) is 2.51. The predicted octanol–water partition coefficient (Wildman–Crippen LogP) is 3.46. The van der Waals surface area contributed by atoms with Crippen LogP contribution in [0.4, 0.5) is 5.82 Å². The average Bonchev–Trinajstić information content (AvgIpc) is 3.09. The van der Waals surface area contributed by atoms with Gasteiger partial charge in [-0.2, -0.15) is 4.98 Å². The molecule has 0 unspecified atom stereocenters. The van der Waals surface area contributed by atoms with E-state index in [2.05, 4.69) is 25.3 Å². The molecule has 1 atom stereocenters. The first kappa shape index (κ1) is 19.6. The van der Waals surface area contributed by atoms with Crippen LogP contribution >= 0.6 is 11.6 Å². The van der Waals surface area contributed by atoms with E-state index in [0.717, 1.165) is 46.9 Å². The number of hydrogen-bond acceptors (Lipinski definition) is 6. The van der Waals surface area contributed by atoms with Crippen LogP contribution in [0.3, 0.4) is 0 Å². The Hall–Kier alpha value is -2.67. The zero-order chi connectivity index (χ0) is 20.4. The zero-order valence-corrected chi connectivity index (χ0v) is 17.4. The van der Waals surface area contributed by atoms with E-state index in [9.17, 15) is 4.79 Å². The smallest absolute Gasteiger partial charge is 0.263 e. The second kappa shape index (κ2) is 8.37. The Balaban J connectivity index is 1.43. The van der Waals surface area contributed by atoms with Crippen molar-refractivity contribution in [2.75, 3.05) is 24.5 Å². The van der Waals surface area contributed by atoms with E-state index in [1.54, 1.807) is 0 Å². The minimum Gasteiger partial charge on any atom is -0.355 e. The summed E-state index contributed by atoms with van der Waals surface area (Å²) >= 11 is 6.19. The number of nitrogens with one attached hydrogen (secondary N) is 1. The van der Waals surface area contributed by atoms with Crippen molar-refractivity contribution >= 4 is 34.4 Å². The van der Waals surface area contributed by atoms with Crippen LogP contribution in [0.25, 0.3) is 11.1 Å². The topological polar surface area (TPSA) is 84.2 Å². The lowest BCUT2D eigenvalue weighted by atomic mass is 9.96. The van der Waals surface area contributed by atoms with Crippen molar-refractivity contribution in [3.05, 3.63) is 46.4 Å². The van der Waals surface area contributed by atoms with Gasteiger partial charge in [0.2, 0.25) is 5.91 Å². The van der Waals surface area contributed by atoms with Gasteiger partial charge >= 0.3 is 0 Å². The summed E-state index contributed by atoms with van der Waals surface area (Å²) in [4.78, 5) is 23.9. The summed E-state index contributed by atoms with van der Waals surface area (Å²) in [6, 6.07) is 7.72. The minimum atomic E-state index is -0.0829. The molecule has 1 aromatic carbocycles. The Bertz CT molecular complexity index is 1040. The molecular weight excluding hydrogens is 390 g/mol. The molecule has 0 spiro atoms. The first-order valence-corrected chi connectivity index (χ1v) is 10.3. The molecular formula is C21H24ClN5O2. The van der Waals surface area contributed by atoms with Crippen LogP contribution in [0.1, 0.15) is 29.9 Å². The zero-order valence-electron chi connectivity index (χ0n) is 16.6. The van der Waals surface area contributed by atoms with E-state index in [1.165, 1.54) is 0 Å². The number of hydrogen-bond donors (Lipinski definition) is 1. The highest BCUT2D eigenvalue weighted by Crippen LogP contribution is 2.30. The normalized spacial score (nSPS) is 16.9. The molecule has 0 aliphatic carbocycles. The maximum atomic E-state index is 12.8. The summed E-state index contributed by atoms with van der Waals surface area (Å²) in [7, 11) is 0. The van der Waals surface area contributed by atoms with Crippen molar-refractivity contribution in [1.82, 2.24) is 20.4 Å². The van der Waals surface area contributed by atoms with E-state index < -0.39 is 0 Å². The van der Waals surface area contributed by atoms with E-state index >= 15 is 0 Å². The van der Waals surface area contributed by atoms with Crippen LogP contribution in [0.5, 0.6) is 0 Å². The van der Waals surface area contributed by atoms with Crippen molar-refractivity contribution in [3.8, 4) is 0 Å². The first-order chi connectivity index (χ1) is 14.0. The van der Waals surface area contributed by atoms with Gasteiger partial charge in [0.05, 0.1) is 11.6 Å². The number of carbonyl (C=O) groups is 1. The number of anilines is 1. The van der Waals surface area contributed by atoms with Crippen molar-refractivity contribution in [3.63, 3.8) is 0 Å². The van der Waals surface area contributed by atoms with Crippen LogP contribution in [0.15, 0.2) is 28.8 Å². The number of piperidine rings is 1. The number of carbonyl (C=O) groups excluding carboxylic acids is 1. The molecule has 4 rings (SSSR count). The molecule has 0 bridgehead atoms. The van der Waals surface area contributed by atoms with E-state index in [1.807, 2.05) is 38.1 Å². The molecule has 1 N–H and O–H groups in total. The number of fused-ring (bicyclic) bond motifs is 1. The van der Waals surface area contributed by atoms with E-state index in [-0.39, 0.29) is 11.8 Å². The monoisotopic (exact) mass is 413 g/mol. The molecule has 152 valence electrons. The largest absolute Gasteiger partial charge is 0.355 e. The standard InChI is InChI=1S/C21H24ClN5O2/c1-13-18-19(24-14(2)25-21(18)29-26-13)27-11-5-7-16(12-27)20(28)23-10-9-15-6-3-4-8-17(15)22/h3-4,6,8,16H,5,7,9-12H2,1-2H3,(H,23,28)/t16-/m0/s1. The Kier molecular flexibility index (Phi) is 5.67. The number of halogens is 1. The van der Waals surface area contributed by atoms with Gasteiger partial charge in [0, 0.05) is 24.7 Å². The van der Waals surface area contributed by atoms with Gasteiger partial charge in [-0.1, -0.05) is 35.0 Å². The minimum absolute atomic E-state index is 0.0748. The quantitative estimate of drug-likeness (QED) is 0.689. The van der Waals surface area contributed by atoms with Crippen molar-refractivity contribution < 1.29 is 9.32 Å². The maximum absolute atomic E-state index is 12.8. The fraction of sp³-hybridized carbons (Fsp3) is 0.429. The molecule has 0 saturated carbocycles. The van der Waals surface area contributed by atoms with Gasteiger partial charge < -0.3 is 14.7 Å². The van der Waals surface area contributed by atoms with Gasteiger partial charge in [-0.15, -0.1) is 0 Å². The third-order valence-electron chi connectivity index (χ3n) is 5.34. The lowest BCUT2D eigenvalue weighted by Crippen LogP contribution is -2.44. The first-order valence-electron chi connectivity index (χ1n) is 9.89. The molecule has 1 saturated heterocycles. The molecule has 29 heavy (non-hydrogen) atoms. The molecule has 3 aromatic rings. The number of nitrogens with zero attached hydrogens (tertiary/aromatic N) is 4. The van der Waals surface area contributed by atoms with Crippen LogP contribution in [-0.4, -0.2) is 40.7 Å². The van der Waals surface area contributed by atoms with Crippen LogP contribution in [0.2, 0.25) is 5.02 Å². The Morgan fingerprint density at radius 1 is 1.31 bits per heavy atom. The SMILES string of the molecule is Cc1nc(N2CCC[C@H](C(=O)NCCc3ccccc3Cl)C2)c2c(C)noc2n1. The highest BCUT2D eigenvalue weighted by molar-refractivity contribution is 6.31. The van der Waals surface area contributed by atoms with Gasteiger partial charge in [-0.25, -0.2) is 4.98 Å². The Morgan fingerprint density at radius 3 is 2.97 bits per heavy atom. The van der Waals surface area contributed by atoms with Gasteiger partial charge in [0.1, 0.15) is 17.0 Å². The Labute approximate surface area is 174 Å². The number of amides is 1. The number of aryl methyl sites for hydroxylation is 2. The lowest BCUT2D eigenvalue weighted by molar-refractivity contribution is -0.125. The van der Waals surface area contributed by atoms with Crippen LogP contribution in [-0.2, 0) is 11.2 Å². The van der Waals surface area contributed by atoms with Gasteiger partial charge in [-0.3, -0.25) is 4.79 Å². The molecule has 1 fully saturated rings. The molecule has 1 amide bonds. The molecule has 1 aliphatic heterocycles. The summed E-state index contributed by atoms with van der Waals surface area (Å²) in [5, 5.41) is 8.66. The third kappa shape index (κ3) is 4.19. The molecule has 3 heterocycles. The fourth-order valence-corrected chi connectivity index (χ4v) is 4.08. The van der Waals surface area contributed by atoms with E-state index in [4.69, 9.17) is 16.1 Å². The second-order valence-corrected chi connectivity index (χ2v) is 7.87. The van der Waals surface area contributed by atoms with Crippen molar-refractivity contribution in [2.45, 2.75) is 33.1 Å². The molecule has 1 aliphatic rings. The van der Waals surface area contributed by atoms with Crippen molar-refractivity contribution in [1.29, 1.82) is 0 Å². The second-order valence-electron chi connectivity index (χ2n) is 7.46. The molecule has 2 aromatic heterocycles. The number of aromatic nitrogens is 3. The van der Waals surface area contributed by atoms with Crippen LogP contribution in [0, 0.1) is 19.8 Å². The lowest BCUT2D eigenvalue weighted by Gasteiger charge is -2.33. The van der Waals surface area contributed by atoms with Gasteiger partial charge in [-0.05, 0) is 44.7 Å². The maximum Gasteiger partial charge on any atom is 0.263 e. The molecule has 0 radical (unpaired) electrons. The average molecular weight is 414 g/mol. The summed E-state index contributed by atoms with van der Waals surface area (Å²) in [5.74, 6) is 1.43. The summed E-state index contributed by atoms with van der Waals surface area (Å²) < 4.78 is 5.32. The highest BCUT2D eigenvalue weighted by Gasteiger charge is 2.28. The highest BCUT2D eigenvalue weighted by atomic mass is 35.5. The predicted molar refractivity (Wildman–Crippen MR) is 112 cm³/mol. The summed E-state index contributed by atoms with van der Waals surface area (Å²) in [5.41, 5.74) is 2.30. The fourth-order valence-electron chi connectivity index (χ4n) is 3.85. The molecule has 8 heteroatoms.